The molecule has 75 valence electrons. The minimum Gasteiger partial charge on any atom is -0.313 e. The normalized spacial score (nSPS) is 20.9. The maximum atomic E-state index is 13.5. The summed E-state index contributed by atoms with van der Waals surface area (Å²) in [6.45, 7) is 0.441. The Hall–Kier alpha value is -1.12. The Balaban J connectivity index is 2.24. The summed E-state index contributed by atoms with van der Waals surface area (Å²) in [5.41, 5.74) is 0.591. The first-order chi connectivity index (χ1) is 6.70. The lowest BCUT2D eigenvalue weighted by Crippen LogP contribution is -2.45. The van der Waals surface area contributed by atoms with Crippen LogP contribution < -0.4 is 4.90 Å². The van der Waals surface area contributed by atoms with E-state index in [0.29, 0.717) is 18.7 Å². The van der Waals surface area contributed by atoms with Crippen LogP contribution in [0.1, 0.15) is 19.3 Å². The Morgan fingerprint density at radius 3 is 2.57 bits per heavy atom. The molecule has 1 fully saturated rings. The number of alkyl halides is 2. The van der Waals surface area contributed by atoms with E-state index in [1.54, 1.807) is 24.3 Å². The molecule has 0 N–H and O–H groups in total. The molecule has 1 aromatic carbocycles. The van der Waals surface area contributed by atoms with Crippen molar-refractivity contribution >= 4 is 5.69 Å². The second-order valence-corrected chi connectivity index (χ2v) is 3.53. The Bertz CT molecular complexity index is 297. The molecular weight excluding hydrogens is 184 g/mol. The number of hydrogen-bond donors (Lipinski definition) is 0. The van der Waals surface area contributed by atoms with Gasteiger partial charge in [-0.2, -0.15) is 8.78 Å². The highest BCUT2D eigenvalue weighted by Crippen LogP contribution is 2.34. The zero-order valence-corrected chi connectivity index (χ0v) is 7.84. The summed E-state index contributed by atoms with van der Waals surface area (Å²) in [5.74, 6) is 0. The van der Waals surface area contributed by atoms with Gasteiger partial charge >= 0.3 is 6.05 Å². The summed E-state index contributed by atoms with van der Waals surface area (Å²) in [6, 6.07) is 6.84. The lowest BCUT2D eigenvalue weighted by molar-refractivity contribution is -0.0248. The van der Waals surface area contributed by atoms with Crippen LogP contribution in [0.15, 0.2) is 24.3 Å². The first-order valence-electron chi connectivity index (χ1n) is 4.82. The summed E-state index contributed by atoms with van der Waals surface area (Å²) in [6.07, 6.45) is 1.42. The molecule has 0 aliphatic carbocycles. The zero-order valence-electron chi connectivity index (χ0n) is 7.84. The van der Waals surface area contributed by atoms with Gasteiger partial charge in [0.2, 0.25) is 0 Å². The first kappa shape index (κ1) is 9.44. The van der Waals surface area contributed by atoms with E-state index in [0.717, 1.165) is 6.42 Å². The van der Waals surface area contributed by atoms with E-state index in [2.05, 4.69) is 6.07 Å². The van der Waals surface area contributed by atoms with Crippen LogP contribution in [0.25, 0.3) is 0 Å². The SMILES string of the molecule is FC1(F)CCCCN1c1cc[c]cc1. The molecule has 2 rings (SSSR count). The van der Waals surface area contributed by atoms with Crippen molar-refractivity contribution < 1.29 is 8.78 Å². The van der Waals surface area contributed by atoms with Crippen molar-refractivity contribution in [1.82, 2.24) is 0 Å². The molecule has 0 amide bonds. The fourth-order valence-corrected chi connectivity index (χ4v) is 1.78. The Labute approximate surface area is 82.3 Å². The van der Waals surface area contributed by atoms with Crippen LogP contribution >= 0.6 is 0 Å². The topological polar surface area (TPSA) is 3.24 Å². The fourth-order valence-electron chi connectivity index (χ4n) is 1.78. The highest BCUT2D eigenvalue weighted by atomic mass is 19.3. The molecule has 1 heterocycles. The molecule has 0 aromatic heterocycles. The van der Waals surface area contributed by atoms with Crippen LogP contribution in [-0.4, -0.2) is 12.6 Å². The molecular formula is C11H12F2N. The zero-order chi connectivity index (χ0) is 10.0. The quantitative estimate of drug-likeness (QED) is 0.624. The number of benzene rings is 1. The average molecular weight is 196 g/mol. The maximum Gasteiger partial charge on any atom is 0.325 e. The molecule has 1 nitrogen and oxygen atoms in total. The van der Waals surface area contributed by atoms with E-state index in [1.165, 1.54) is 4.90 Å². The van der Waals surface area contributed by atoms with Crippen molar-refractivity contribution in [2.24, 2.45) is 0 Å². The molecule has 1 aliphatic heterocycles. The van der Waals surface area contributed by atoms with Gasteiger partial charge in [0.25, 0.3) is 0 Å². The molecule has 0 spiro atoms. The molecule has 14 heavy (non-hydrogen) atoms. The van der Waals surface area contributed by atoms with Crippen molar-refractivity contribution in [2.75, 3.05) is 11.4 Å². The minimum absolute atomic E-state index is 0.0361. The van der Waals surface area contributed by atoms with Crippen molar-refractivity contribution in [3.8, 4) is 0 Å². The van der Waals surface area contributed by atoms with Crippen molar-refractivity contribution in [2.45, 2.75) is 25.3 Å². The fraction of sp³-hybridized carbons (Fsp3) is 0.455. The Morgan fingerprint density at radius 2 is 1.93 bits per heavy atom. The second kappa shape index (κ2) is 3.56. The number of piperidine rings is 1. The molecule has 1 aromatic rings. The van der Waals surface area contributed by atoms with E-state index in [4.69, 9.17) is 0 Å². The standard InChI is InChI=1S/C11H12F2N/c12-11(13)8-4-5-9-14(11)10-6-2-1-3-7-10/h2-3,6-7H,4-5,8-9H2. The number of anilines is 1. The van der Waals surface area contributed by atoms with E-state index >= 15 is 0 Å². The second-order valence-electron chi connectivity index (χ2n) is 3.53. The van der Waals surface area contributed by atoms with Crippen LogP contribution in [0.5, 0.6) is 0 Å². The predicted octanol–water partition coefficient (Wildman–Crippen LogP) is 3.07. The highest BCUT2D eigenvalue weighted by Gasteiger charge is 2.38. The molecule has 0 atom stereocenters. The van der Waals surface area contributed by atoms with Gasteiger partial charge in [0.15, 0.2) is 0 Å². The van der Waals surface area contributed by atoms with Gasteiger partial charge in [-0.25, -0.2) is 0 Å². The van der Waals surface area contributed by atoms with E-state index in [1.807, 2.05) is 0 Å². The monoisotopic (exact) mass is 196 g/mol. The number of halogens is 2. The van der Waals surface area contributed by atoms with Crippen LogP contribution in [0.2, 0.25) is 0 Å². The van der Waals surface area contributed by atoms with E-state index in [-0.39, 0.29) is 6.42 Å². The van der Waals surface area contributed by atoms with E-state index in [9.17, 15) is 8.78 Å². The third-order valence-corrected chi connectivity index (χ3v) is 2.52. The molecule has 3 heteroatoms. The molecule has 0 unspecified atom stereocenters. The summed E-state index contributed by atoms with van der Waals surface area (Å²) in [4.78, 5) is 1.18. The van der Waals surface area contributed by atoms with Gasteiger partial charge < -0.3 is 4.90 Å². The first-order valence-corrected chi connectivity index (χ1v) is 4.82. The smallest absolute Gasteiger partial charge is 0.313 e. The van der Waals surface area contributed by atoms with Crippen molar-refractivity contribution in [1.29, 1.82) is 0 Å². The van der Waals surface area contributed by atoms with Crippen LogP contribution in [0, 0.1) is 6.07 Å². The highest BCUT2D eigenvalue weighted by molar-refractivity contribution is 5.47. The largest absolute Gasteiger partial charge is 0.325 e. The van der Waals surface area contributed by atoms with Crippen LogP contribution in [-0.2, 0) is 0 Å². The van der Waals surface area contributed by atoms with Gasteiger partial charge in [0, 0.05) is 18.7 Å². The number of rotatable bonds is 1. The van der Waals surface area contributed by atoms with Gasteiger partial charge in [0.05, 0.1) is 0 Å². The lowest BCUT2D eigenvalue weighted by atomic mass is 10.1. The van der Waals surface area contributed by atoms with Gasteiger partial charge in [-0.05, 0) is 31.0 Å². The van der Waals surface area contributed by atoms with E-state index < -0.39 is 6.05 Å². The number of hydrogen-bond acceptors (Lipinski definition) is 1. The maximum absolute atomic E-state index is 13.5. The molecule has 0 bridgehead atoms. The lowest BCUT2D eigenvalue weighted by Gasteiger charge is -2.36. The molecule has 0 saturated carbocycles. The Kier molecular flexibility index (Phi) is 2.40. The number of nitrogens with zero attached hydrogens (tertiary/aromatic N) is 1. The third-order valence-electron chi connectivity index (χ3n) is 2.52. The van der Waals surface area contributed by atoms with Gasteiger partial charge in [-0.1, -0.05) is 12.1 Å². The van der Waals surface area contributed by atoms with Crippen molar-refractivity contribution in [3.05, 3.63) is 30.3 Å². The van der Waals surface area contributed by atoms with Gasteiger partial charge in [-0.15, -0.1) is 0 Å². The van der Waals surface area contributed by atoms with Crippen LogP contribution in [0.4, 0.5) is 14.5 Å². The summed E-state index contributed by atoms with van der Waals surface area (Å²) < 4.78 is 26.9. The summed E-state index contributed by atoms with van der Waals surface area (Å²) in [5, 5.41) is 0. The predicted molar refractivity (Wildman–Crippen MR) is 51.4 cm³/mol. The minimum atomic E-state index is -2.68. The molecule has 1 aliphatic rings. The molecule has 1 radical (unpaired) electrons. The van der Waals surface area contributed by atoms with Gasteiger partial charge in [0.1, 0.15) is 0 Å². The molecule has 1 saturated heterocycles. The Morgan fingerprint density at radius 1 is 1.21 bits per heavy atom. The van der Waals surface area contributed by atoms with Gasteiger partial charge in [-0.3, -0.25) is 0 Å². The summed E-state index contributed by atoms with van der Waals surface area (Å²) >= 11 is 0. The van der Waals surface area contributed by atoms with Crippen molar-refractivity contribution in [3.63, 3.8) is 0 Å². The summed E-state index contributed by atoms with van der Waals surface area (Å²) in [7, 11) is 0. The average Bonchev–Trinajstić information content (AvgIpc) is 2.18. The third kappa shape index (κ3) is 1.72. The van der Waals surface area contributed by atoms with Crippen LogP contribution in [0.3, 0.4) is 0 Å².